The largest absolute Gasteiger partial charge is 0.399 e. The highest BCUT2D eigenvalue weighted by Crippen LogP contribution is 2.31. The number of rotatable bonds is 2. The molecule has 0 saturated heterocycles. The highest BCUT2D eigenvalue weighted by atomic mass is 32.1. The first-order chi connectivity index (χ1) is 10.1. The van der Waals surface area contributed by atoms with Crippen LogP contribution in [-0.4, -0.2) is 0 Å². The van der Waals surface area contributed by atoms with Crippen LogP contribution >= 0.6 is 11.3 Å². The highest BCUT2D eigenvalue weighted by Gasteiger charge is 2.05. The van der Waals surface area contributed by atoms with Gasteiger partial charge in [-0.15, -0.1) is 11.3 Å². The van der Waals surface area contributed by atoms with Crippen molar-refractivity contribution in [3.63, 3.8) is 0 Å². The van der Waals surface area contributed by atoms with E-state index in [9.17, 15) is 4.79 Å². The van der Waals surface area contributed by atoms with Crippen molar-refractivity contribution in [3.8, 4) is 20.9 Å². The first kappa shape index (κ1) is 13.4. The third kappa shape index (κ3) is 2.95. The van der Waals surface area contributed by atoms with Crippen LogP contribution < -0.4 is 16.9 Å². The molecule has 0 aliphatic rings. The molecule has 0 unspecified atom stereocenters. The molecule has 4 N–H and O–H groups in total. The zero-order chi connectivity index (χ0) is 14.8. The second-order valence-electron chi connectivity index (χ2n) is 4.77. The van der Waals surface area contributed by atoms with E-state index >= 15 is 0 Å². The van der Waals surface area contributed by atoms with Crippen molar-refractivity contribution in [2.24, 2.45) is 0 Å². The molecule has 0 radical (unpaired) electrons. The van der Waals surface area contributed by atoms with Crippen LogP contribution in [0.4, 0.5) is 11.4 Å². The number of nitrogen functional groups attached to an aromatic ring is 2. The molecule has 3 aromatic rings. The summed E-state index contributed by atoms with van der Waals surface area (Å²) in [5.41, 5.74) is 14.8. The Hall–Kier alpha value is -2.59. The quantitative estimate of drug-likeness (QED) is 0.709. The summed E-state index contributed by atoms with van der Waals surface area (Å²) in [4.78, 5) is 13.8. The Kier molecular flexibility index (Phi) is 3.46. The fourth-order valence-corrected chi connectivity index (χ4v) is 3.15. The van der Waals surface area contributed by atoms with Gasteiger partial charge in [0.15, 0.2) is 5.43 Å². The summed E-state index contributed by atoms with van der Waals surface area (Å²) < 4.78 is 0. The van der Waals surface area contributed by atoms with E-state index in [0.717, 1.165) is 20.9 Å². The van der Waals surface area contributed by atoms with Gasteiger partial charge >= 0.3 is 0 Å². The molecule has 3 nitrogen and oxygen atoms in total. The molecular formula is C17H14N2OS. The number of benzene rings is 2. The van der Waals surface area contributed by atoms with Crippen molar-refractivity contribution in [2.75, 3.05) is 11.5 Å². The zero-order valence-electron chi connectivity index (χ0n) is 11.2. The van der Waals surface area contributed by atoms with Gasteiger partial charge in [0.05, 0.1) is 0 Å². The monoisotopic (exact) mass is 294 g/mol. The fourth-order valence-electron chi connectivity index (χ4n) is 2.06. The third-order valence-corrected chi connectivity index (χ3v) is 4.30. The van der Waals surface area contributed by atoms with Gasteiger partial charge in [0.25, 0.3) is 0 Å². The topological polar surface area (TPSA) is 69.1 Å². The van der Waals surface area contributed by atoms with Gasteiger partial charge in [0.2, 0.25) is 0 Å². The second-order valence-corrected chi connectivity index (χ2v) is 5.85. The minimum absolute atomic E-state index is 0.00704. The molecule has 0 spiro atoms. The summed E-state index contributed by atoms with van der Waals surface area (Å²) in [6.07, 6.45) is 0. The second kappa shape index (κ2) is 5.42. The van der Waals surface area contributed by atoms with Crippen LogP contribution in [0.1, 0.15) is 0 Å². The van der Waals surface area contributed by atoms with Crippen LogP contribution in [-0.2, 0) is 0 Å². The summed E-state index contributed by atoms with van der Waals surface area (Å²) in [7, 11) is 0. The standard InChI is InChI=1S/C17H14N2OS/c18-13-5-1-11(2-6-13)16-9-15(20)10-17(21-16)12-3-7-14(19)8-4-12/h1-10H,18-19H2. The van der Waals surface area contributed by atoms with E-state index in [-0.39, 0.29) is 5.43 Å². The predicted molar refractivity (Wildman–Crippen MR) is 90.3 cm³/mol. The smallest absolute Gasteiger partial charge is 0.181 e. The summed E-state index contributed by atoms with van der Waals surface area (Å²) in [5, 5.41) is 0. The highest BCUT2D eigenvalue weighted by molar-refractivity contribution is 7.18. The van der Waals surface area contributed by atoms with E-state index in [1.807, 2.05) is 48.5 Å². The zero-order valence-corrected chi connectivity index (χ0v) is 12.1. The van der Waals surface area contributed by atoms with Crippen LogP contribution in [0.5, 0.6) is 0 Å². The van der Waals surface area contributed by atoms with Gasteiger partial charge in [-0.05, 0) is 35.4 Å². The Morgan fingerprint density at radius 3 is 1.43 bits per heavy atom. The fraction of sp³-hybridized carbons (Fsp3) is 0. The van der Waals surface area contributed by atoms with Crippen molar-refractivity contribution >= 4 is 22.7 Å². The summed E-state index contributed by atoms with van der Waals surface area (Å²) in [5.74, 6) is 0. The van der Waals surface area contributed by atoms with Crippen LogP contribution in [0.3, 0.4) is 0 Å². The normalized spacial score (nSPS) is 10.5. The van der Waals surface area contributed by atoms with Crippen molar-refractivity contribution < 1.29 is 0 Å². The van der Waals surface area contributed by atoms with E-state index in [4.69, 9.17) is 11.5 Å². The summed E-state index contributed by atoms with van der Waals surface area (Å²) in [6.45, 7) is 0. The number of nitrogens with two attached hydrogens (primary N) is 2. The van der Waals surface area contributed by atoms with Crippen molar-refractivity contribution in [1.82, 2.24) is 0 Å². The van der Waals surface area contributed by atoms with Gasteiger partial charge in [-0.25, -0.2) is 0 Å². The average molecular weight is 294 g/mol. The average Bonchev–Trinajstić information content (AvgIpc) is 2.48. The minimum atomic E-state index is -0.00704. The predicted octanol–water partition coefficient (Wildman–Crippen LogP) is 3.61. The van der Waals surface area contributed by atoms with Gasteiger partial charge in [-0.1, -0.05) is 24.3 Å². The van der Waals surface area contributed by atoms with Crippen LogP contribution in [0.2, 0.25) is 0 Å². The van der Waals surface area contributed by atoms with E-state index in [0.29, 0.717) is 11.4 Å². The molecule has 104 valence electrons. The minimum Gasteiger partial charge on any atom is -0.399 e. The van der Waals surface area contributed by atoms with Crippen LogP contribution in [0.25, 0.3) is 20.9 Å². The Labute approximate surface area is 126 Å². The first-order valence-electron chi connectivity index (χ1n) is 6.49. The molecule has 0 aliphatic heterocycles. The van der Waals surface area contributed by atoms with E-state index in [1.165, 1.54) is 0 Å². The van der Waals surface area contributed by atoms with Gasteiger partial charge in [0.1, 0.15) is 0 Å². The van der Waals surface area contributed by atoms with E-state index in [2.05, 4.69) is 0 Å². The Morgan fingerprint density at radius 1 is 0.667 bits per heavy atom. The molecule has 4 heteroatoms. The molecule has 0 aliphatic carbocycles. The lowest BCUT2D eigenvalue weighted by Crippen LogP contribution is -1.97. The lowest BCUT2D eigenvalue weighted by molar-refractivity contribution is 1.61. The number of hydrogen-bond donors (Lipinski definition) is 2. The van der Waals surface area contributed by atoms with Crippen molar-refractivity contribution in [3.05, 3.63) is 70.9 Å². The summed E-state index contributed by atoms with van der Waals surface area (Å²) in [6, 6.07) is 18.3. The Balaban J connectivity index is 2.10. The van der Waals surface area contributed by atoms with E-state index in [1.54, 1.807) is 23.5 Å². The molecule has 0 amide bonds. The lowest BCUT2D eigenvalue weighted by atomic mass is 10.1. The van der Waals surface area contributed by atoms with Crippen LogP contribution in [0.15, 0.2) is 65.5 Å². The van der Waals surface area contributed by atoms with Crippen molar-refractivity contribution in [2.45, 2.75) is 0 Å². The molecule has 3 rings (SSSR count). The maximum absolute atomic E-state index is 11.9. The first-order valence-corrected chi connectivity index (χ1v) is 7.30. The Bertz CT molecular complexity index is 754. The van der Waals surface area contributed by atoms with Gasteiger partial charge in [-0.2, -0.15) is 0 Å². The molecule has 1 aromatic heterocycles. The van der Waals surface area contributed by atoms with E-state index < -0.39 is 0 Å². The molecular weight excluding hydrogens is 280 g/mol. The molecule has 1 heterocycles. The van der Waals surface area contributed by atoms with Crippen LogP contribution in [0, 0.1) is 0 Å². The molecule has 2 aromatic carbocycles. The molecule has 0 saturated carbocycles. The SMILES string of the molecule is Nc1ccc(-c2cc(=O)cc(-c3ccc(N)cc3)s2)cc1. The summed E-state index contributed by atoms with van der Waals surface area (Å²) >= 11 is 1.57. The maximum Gasteiger partial charge on any atom is 0.181 e. The Morgan fingerprint density at radius 2 is 1.05 bits per heavy atom. The third-order valence-electron chi connectivity index (χ3n) is 3.16. The molecule has 21 heavy (non-hydrogen) atoms. The lowest BCUT2D eigenvalue weighted by Gasteiger charge is -2.05. The van der Waals surface area contributed by atoms with Gasteiger partial charge < -0.3 is 11.5 Å². The molecule has 0 fully saturated rings. The molecule has 0 atom stereocenters. The number of anilines is 2. The van der Waals surface area contributed by atoms with Crippen molar-refractivity contribution in [1.29, 1.82) is 0 Å². The number of hydrogen-bond acceptors (Lipinski definition) is 4. The maximum atomic E-state index is 11.9. The molecule has 0 bridgehead atoms. The van der Waals surface area contributed by atoms with Gasteiger partial charge in [0, 0.05) is 33.3 Å². The van der Waals surface area contributed by atoms with Gasteiger partial charge in [-0.3, -0.25) is 4.79 Å².